The van der Waals surface area contributed by atoms with Crippen molar-refractivity contribution in [1.29, 1.82) is 0 Å². The topological polar surface area (TPSA) is 79.0 Å². The van der Waals surface area contributed by atoms with Crippen LogP contribution in [0.15, 0.2) is 60.7 Å². The molecular formula is C28H31N3O4. The van der Waals surface area contributed by atoms with E-state index in [1.165, 1.54) is 4.90 Å². The second kappa shape index (κ2) is 10.6. The lowest BCUT2D eigenvalue weighted by atomic mass is 10.1. The first-order valence-electron chi connectivity index (χ1n) is 12.0. The largest absolute Gasteiger partial charge is 0.497 e. The molecule has 3 aromatic rings. The fraction of sp³-hybridized carbons (Fsp3) is 0.321. The van der Waals surface area contributed by atoms with Crippen LogP contribution >= 0.6 is 0 Å². The first kappa shape index (κ1) is 24.3. The summed E-state index contributed by atoms with van der Waals surface area (Å²) in [5.41, 5.74) is 2.18. The minimum Gasteiger partial charge on any atom is -0.497 e. The van der Waals surface area contributed by atoms with E-state index < -0.39 is 6.04 Å². The van der Waals surface area contributed by atoms with Crippen LogP contribution in [0, 0.1) is 0 Å². The Balaban J connectivity index is 1.58. The molecule has 1 heterocycles. The number of amides is 3. The Bertz CT molecular complexity index is 1230. The SMILES string of the molecule is CCCCNC(=O)[C@@H](C)N(Cc1ccc(OC)cc1)C(=O)CN1C(=O)c2cccc3cccc1c23. The highest BCUT2D eigenvalue weighted by molar-refractivity contribution is 6.26. The highest BCUT2D eigenvalue weighted by Gasteiger charge is 2.34. The Morgan fingerprint density at radius 2 is 1.77 bits per heavy atom. The number of methoxy groups -OCH3 is 1. The Morgan fingerprint density at radius 1 is 1.06 bits per heavy atom. The number of benzene rings is 3. The molecule has 0 unspecified atom stereocenters. The van der Waals surface area contributed by atoms with Crippen molar-refractivity contribution in [1.82, 2.24) is 10.2 Å². The standard InChI is InChI=1S/C28H31N3O4/c1-4-5-16-29-27(33)19(2)30(17-20-12-14-22(35-3)15-13-20)25(32)18-31-24-11-7-9-21-8-6-10-23(26(21)24)28(31)34/h6-15,19H,4-5,16-18H2,1-3H3,(H,29,33)/t19-/m1/s1. The zero-order valence-corrected chi connectivity index (χ0v) is 20.4. The van der Waals surface area contributed by atoms with Gasteiger partial charge in [-0.25, -0.2) is 0 Å². The molecule has 4 rings (SSSR count). The normalized spacial score (nSPS) is 13.1. The van der Waals surface area contributed by atoms with Crippen LogP contribution in [0.1, 0.15) is 42.6 Å². The second-order valence-electron chi connectivity index (χ2n) is 8.76. The molecule has 7 nitrogen and oxygen atoms in total. The molecule has 3 amide bonds. The van der Waals surface area contributed by atoms with Crippen LogP contribution in [-0.4, -0.2) is 48.9 Å². The average Bonchev–Trinajstić information content (AvgIpc) is 3.15. The molecule has 0 fully saturated rings. The number of hydrogen-bond donors (Lipinski definition) is 1. The molecule has 0 aromatic heterocycles. The predicted molar refractivity (Wildman–Crippen MR) is 137 cm³/mol. The minimum absolute atomic E-state index is 0.143. The number of carbonyl (C=O) groups is 3. The van der Waals surface area contributed by atoms with Crippen molar-refractivity contribution in [2.45, 2.75) is 39.3 Å². The van der Waals surface area contributed by atoms with E-state index >= 15 is 0 Å². The second-order valence-corrected chi connectivity index (χ2v) is 8.76. The summed E-state index contributed by atoms with van der Waals surface area (Å²) in [4.78, 5) is 42.8. The molecule has 0 radical (unpaired) electrons. The lowest BCUT2D eigenvalue weighted by molar-refractivity contribution is -0.139. The van der Waals surface area contributed by atoms with Crippen LogP contribution in [-0.2, 0) is 16.1 Å². The van der Waals surface area contributed by atoms with Crippen LogP contribution < -0.4 is 15.0 Å². The van der Waals surface area contributed by atoms with Gasteiger partial charge in [0.15, 0.2) is 0 Å². The molecule has 3 aromatic carbocycles. The number of nitrogens with one attached hydrogen (secondary N) is 1. The van der Waals surface area contributed by atoms with Crippen LogP contribution in [0.3, 0.4) is 0 Å². The van der Waals surface area contributed by atoms with E-state index in [2.05, 4.69) is 12.2 Å². The van der Waals surface area contributed by atoms with Crippen molar-refractivity contribution >= 4 is 34.2 Å². The molecule has 0 spiro atoms. The van der Waals surface area contributed by atoms with Gasteiger partial charge in [-0.3, -0.25) is 19.3 Å². The monoisotopic (exact) mass is 473 g/mol. The average molecular weight is 474 g/mol. The summed E-state index contributed by atoms with van der Waals surface area (Å²) < 4.78 is 5.23. The summed E-state index contributed by atoms with van der Waals surface area (Å²) in [7, 11) is 1.60. The van der Waals surface area contributed by atoms with E-state index in [4.69, 9.17) is 4.74 Å². The summed E-state index contributed by atoms with van der Waals surface area (Å²) in [5, 5.41) is 4.74. The van der Waals surface area contributed by atoms with Gasteiger partial charge in [-0.05, 0) is 48.6 Å². The summed E-state index contributed by atoms with van der Waals surface area (Å²) in [6.07, 6.45) is 1.84. The molecule has 0 aliphatic carbocycles. The number of anilines is 1. The number of hydrogen-bond acceptors (Lipinski definition) is 4. The van der Waals surface area contributed by atoms with Crippen LogP contribution in [0.5, 0.6) is 5.75 Å². The van der Waals surface area contributed by atoms with Gasteiger partial charge >= 0.3 is 0 Å². The van der Waals surface area contributed by atoms with Gasteiger partial charge in [0.1, 0.15) is 18.3 Å². The maximum Gasteiger partial charge on any atom is 0.259 e. The highest BCUT2D eigenvalue weighted by Crippen LogP contribution is 2.37. The first-order valence-corrected chi connectivity index (χ1v) is 12.0. The zero-order valence-electron chi connectivity index (χ0n) is 20.4. The maximum absolute atomic E-state index is 13.6. The van der Waals surface area contributed by atoms with E-state index in [1.807, 2.05) is 54.6 Å². The molecule has 1 atom stereocenters. The molecule has 0 saturated carbocycles. The van der Waals surface area contributed by atoms with Gasteiger partial charge in [0.05, 0.1) is 12.8 Å². The Morgan fingerprint density at radius 3 is 2.46 bits per heavy atom. The number of unbranched alkanes of at least 4 members (excludes halogenated alkanes) is 1. The van der Waals surface area contributed by atoms with Gasteiger partial charge in [0.2, 0.25) is 11.8 Å². The molecule has 182 valence electrons. The van der Waals surface area contributed by atoms with E-state index in [-0.39, 0.29) is 30.8 Å². The summed E-state index contributed by atoms with van der Waals surface area (Å²) in [6, 6.07) is 18.0. The van der Waals surface area contributed by atoms with Crippen LogP contribution in [0.2, 0.25) is 0 Å². The van der Waals surface area contributed by atoms with Crippen molar-refractivity contribution in [3.63, 3.8) is 0 Å². The van der Waals surface area contributed by atoms with Gasteiger partial charge < -0.3 is 15.0 Å². The van der Waals surface area contributed by atoms with Crippen LogP contribution in [0.4, 0.5) is 5.69 Å². The molecule has 35 heavy (non-hydrogen) atoms. The molecule has 0 bridgehead atoms. The zero-order chi connectivity index (χ0) is 24.9. The fourth-order valence-electron chi connectivity index (χ4n) is 4.41. The lowest BCUT2D eigenvalue weighted by Crippen LogP contribution is -2.51. The number of rotatable bonds is 10. The predicted octanol–water partition coefficient (Wildman–Crippen LogP) is 4.14. The Labute approximate surface area is 205 Å². The van der Waals surface area contributed by atoms with E-state index in [9.17, 15) is 14.4 Å². The molecule has 1 N–H and O–H groups in total. The third-order valence-corrected chi connectivity index (χ3v) is 6.45. The molecule has 1 aliphatic rings. The van der Waals surface area contributed by atoms with Crippen molar-refractivity contribution in [3.05, 3.63) is 71.8 Å². The van der Waals surface area contributed by atoms with Crippen molar-refractivity contribution in [3.8, 4) is 5.75 Å². The van der Waals surface area contributed by atoms with Gasteiger partial charge in [-0.15, -0.1) is 0 Å². The summed E-state index contributed by atoms with van der Waals surface area (Å²) in [6.45, 7) is 4.44. The Hall–Kier alpha value is -3.87. The molecule has 1 aliphatic heterocycles. The van der Waals surface area contributed by atoms with Gasteiger partial charge in [0, 0.05) is 24.0 Å². The van der Waals surface area contributed by atoms with E-state index in [0.717, 1.165) is 34.9 Å². The quantitative estimate of drug-likeness (QED) is 0.449. The molecular weight excluding hydrogens is 442 g/mol. The number of carbonyl (C=O) groups excluding carboxylic acids is 3. The first-order chi connectivity index (χ1) is 16.9. The number of nitrogens with zero attached hydrogens (tertiary/aromatic N) is 2. The lowest BCUT2D eigenvalue weighted by Gasteiger charge is -2.30. The third kappa shape index (κ3) is 4.99. The van der Waals surface area contributed by atoms with E-state index in [0.29, 0.717) is 17.9 Å². The van der Waals surface area contributed by atoms with Gasteiger partial charge in [-0.2, -0.15) is 0 Å². The molecule has 7 heteroatoms. The van der Waals surface area contributed by atoms with Gasteiger partial charge in [-0.1, -0.05) is 49.7 Å². The van der Waals surface area contributed by atoms with Gasteiger partial charge in [0.25, 0.3) is 5.91 Å². The third-order valence-electron chi connectivity index (χ3n) is 6.45. The summed E-state index contributed by atoms with van der Waals surface area (Å²) in [5.74, 6) is 0.00988. The summed E-state index contributed by atoms with van der Waals surface area (Å²) >= 11 is 0. The highest BCUT2D eigenvalue weighted by atomic mass is 16.5. The van der Waals surface area contributed by atoms with E-state index in [1.54, 1.807) is 25.0 Å². The number of ether oxygens (including phenoxy) is 1. The maximum atomic E-state index is 13.6. The molecule has 0 saturated heterocycles. The minimum atomic E-state index is -0.697. The van der Waals surface area contributed by atoms with Crippen molar-refractivity contribution in [2.24, 2.45) is 0 Å². The van der Waals surface area contributed by atoms with Crippen molar-refractivity contribution < 1.29 is 19.1 Å². The van der Waals surface area contributed by atoms with Crippen molar-refractivity contribution in [2.75, 3.05) is 25.1 Å². The van der Waals surface area contributed by atoms with Crippen LogP contribution in [0.25, 0.3) is 10.8 Å². The fourth-order valence-corrected chi connectivity index (χ4v) is 4.41. The Kier molecular flexibility index (Phi) is 7.34. The smallest absolute Gasteiger partial charge is 0.259 e.